The Balaban J connectivity index is 1.13. The minimum absolute atomic E-state index is 0.274. The second-order valence-corrected chi connectivity index (χ2v) is 8.97. The van der Waals surface area contributed by atoms with Gasteiger partial charge in [0.2, 0.25) is 11.9 Å². The van der Waals surface area contributed by atoms with E-state index in [1.807, 2.05) is 18.2 Å². The zero-order valence-electron chi connectivity index (χ0n) is 19.2. The molecule has 178 valence electrons. The summed E-state index contributed by atoms with van der Waals surface area (Å²) < 4.78 is 6.98. The summed E-state index contributed by atoms with van der Waals surface area (Å²) in [5.41, 5.74) is 8.26. The van der Waals surface area contributed by atoms with Gasteiger partial charge < -0.3 is 25.6 Å². The molecule has 2 aromatic heterocycles. The van der Waals surface area contributed by atoms with Crippen LogP contribution < -0.4 is 20.9 Å². The van der Waals surface area contributed by atoms with Crippen LogP contribution in [0.5, 0.6) is 0 Å². The monoisotopic (exact) mass is 462 g/mol. The molecular formula is C23H30N10O. The first kappa shape index (κ1) is 21.1. The van der Waals surface area contributed by atoms with Crippen LogP contribution >= 0.6 is 0 Å². The molecule has 0 unspecified atom stereocenters. The number of nitrogens with one attached hydrogen (secondary N) is 1. The number of rotatable bonds is 6. The molecule has 11 nitrogen and oxygen atoms in total. The van der Waals surface area contributed by atoms with Gasteiger partial charge in [-0.3, -0.25) is 4.90 Å². The van der Waals surface area contributed by atoms with Crippen LogP contribution in [0.4, 0.5) is 29.1 Å². The van der Waals surface area contributed by atoms with E-state index < -0.39 is 0 Å². The van der Waals surface area contributed by atoms with Crippen LogP contribution in [-0.4, -0.2) is 88.2 Å². The van der Waals surface area contributed by atoms with Crippen molar-refractivity contribution in [2.75, 3.05) is 73.3 Å². The molecule has 2 saturated heterocycles. The van der Waals surface area contributed by atoms with E-state index in [-0.39, 0.29) is 5.95 Å². The molecule has 11 heteroatoms. The minimum atomic E-state index is 0.274. The number of piperazine rings is 1. The highest BCUT2D eigenvalue weighted by atomic mass is 16.5. The third-order valence-corrected chi connectivity index (χ3v) is 6.69. The van der Waals surface area contributed by atoms with Crippen LogP contribution in [0.3, 0.4) is 0 Å². The normalized spacial score (nSPS) is 19.4. The number of nitrogens with two attached hydrogens (primary N) is 1. The van der Waals surface area contributed by atoms with Crippen LogP contribution in [-0.2, 0) is 4.74 Å². The summed E-state index contributed by atoms with van der Waals surface area (Å²) in [6, 6.07) is 11.0. The predicted molar refractivity (Wildman–Crippen MR) is 131 cm³/mol. The van der Waals surface area contributed by atoms with Crippen molar-refractivity contribution in [3.63, 3.8) is 0 Å². The Morgan fingerprint density at radius 2 is 1.62 bits per heavy atom. The molecule has 2 aliphatic heterocycles. The molecule has 1 aromatic carbocycles. The molecular weight excluding hydrogens is 432 g/mol. The minimum Gasteiger partial charge on any atom is -0.378 e. The number of morpholine rings is 1. The molecule has 3 aliphatic rings. The molecule has 3 N–H and O–H groups in total. The molecule has 4 heterocycles. The molecule has 3 aromatic rings. The lowest BCUT2D eigenvalue weighted by atomic mass is 10.2. The molecule has 3 fully saturated rings. The van der Waals surface area contributed by atoms with Crippen LogP contribution in [0.2, 0.25) is 0 Å². The summed E-state index contributed by atoms with van der Waals surface area (Å²) >= 11 is 0. The average Bonchev–Trinajstić information content (AvgIpc) is 3.68. The van der Waals surface area contributed by atoms with Crippen LogP contribution in [0.1, 0.15) is 12.8 Å². The van der Waals surface area contributed by atoms with Gasteiger partial charge in [-0.15, -0.1) is 5.10 Å². The first-order valence-electron chi connectivity index (χ1n) is 12.0. The van der Waals surface area contributed by atoms with Gasteiger partial charge in [-0.1, -0.05) is 0 Å². The number of nitrogens with zero attached hydrogens (tertiary/aromatic N) is 8. The fourth-order valence-electron chi connectivity index (χ4n) is 4.63. The Morgan fingerprint density at radius 3 is 2.35 bits per heavy atom. The lowest BCUT2D eigenvalue weighted by Gasteiger charge is -2.35. The van der Waals surface area contributed by atoms with Gasteiger partial charge in [0.05, 0.1) is 13.2 Å². The molecule has 0 amide bonds. The van der Waals surface area contributed by atoms with Crippen molar-refractivity contribution in [3.8, 4) is 5.82 Å². The van der Waals surface area contributed by atoms with Gasteiger partial charge in [-0.2, -0.15) is 9.67 Å². The summed E-state index contributed by atoms with van der Waals surface area (Å²) in [6.45, 7) is 7.44. The van der Waals surface area contributed by atoms with E-state index in [0.29, 0.717) is 11.8 Å². The number of anilines is 5. The Kier molecular flexibility index (Phi) is 5.63. The van der Waals surface area contributed by atoms with E-state index in [9.17, 15) is 0 Å². The smallest absolute Gasteiger partial charge is 0.248 e. The Labute approximate surface area is 198 Å². The molecule has 0 spiro atoms. The third kappa shape index (κ3) is 4.48. The maximum atomic E-state index is 6.19. The van der Waals surface area contributed by atoms with Crippen LogP contribution in [0.25, 0.3) is 5.82 Å². The predicted octanol–water partition coefficient (Wildman–Crippen LogP) is 1.50. The summed E-state index contributed by atoms with van der Waals surface area (Å²) in [5.74, 6) is 2.20. The summed E-state index contributed by atoms with van der Waals surface area (Å²) in [4.78, 5) is 20.5. The van der Waals surface area contributed by atoms with E-state index >= 15 is 0 Å². The molecule has 1 saturated carbocycles. The lowest BCUT2D eigenvalue weighted by Crippen LogP contribution is -2.47. The summed E-state index contributed by atoms with van der Waals surface area (Å²) in [7, 11) is 0. The molecule has 0 radical (unpaired) electrons. The number of benzene rings is 1. The quantitative estimate of drug-likeness (QED) is 0.559. The molecule has 1 aliphatic carbocycles. The van der Waals surface area contributed by atoms with Gasteiger partial charge in [0, 0.05) is 62.8 Å². The van der Waals surface area contributed by atoms with Gasteiger partial charge in [-0.05, 0) is 37.1 Å². The largest absolute Gasteiger partial charge is 0.378 e. The highest BCUT2D eigenvalue weighted by Gasteiger charge is 2.31. The molecule has 0 bridgehead atoms. The fourth-order valence-corrected chi connectivity index (χ4v) is 4.63. The number of aromatic nitrogens is 5. The maximum absolute atomic E-state index is 6.19. The molecule has 0 atom stereocenters. The van der Waals surface area contributed by atoms with Crippen LogP contribution in [0, 0.1) is 0 Å². The number of hydrogen-bond acceptors (Lipinski definition) is 10. The second kappa shape index (κ2) is 9.07. The van der Waals surface area contributed by atoms with Crippen LogP contribution in [0.15, 0.2) is 36.7 Å². The average molecular weight is 463 g/mol. The van der Waals surface area contributed by atoms with Gasteiger partial charge in [0.1, 0.15) is 12.1 Å². The van der Waals surface area contributed by atoms with Gasteiger partial charge in [0.25, 0.3) is 0 Å². The second-order valence-electron chi connectivity index (χ2n) is 8.97. The number of nitrogen functional groups attached to an aromatic ring is 1. The molecule has 6 rings (SSSR count). The topological polar surface area (TPSA) is 113 Å². The first-order chi connectivity index (χ1) is 16.7. The Morgan fingerprint density at radius 1 is 0.882 bits per heavy atom. The van der Waals surface area contributed by atoms with Crippen molar-refractivity contribution < 1.29 is 4.74 Å². The molecule has 34 heavy (non-hydrogen) atoms. The van der Waals surface area contributed by atoms with E-state index in [1.54, 1.807) is 11.0 Å². The highest BCUT2D eigenvalue weighted by molar-refractivity contribution is 5.60. The van der Waals surface area contributed by atoms with Crippen molar-refractivity contribution in [1.82, 2.24) is 29.6 Å². The van der Waals surface area contributed by atoms with Crippen molar-refractivity contribution in [3.05, 3.63) is 36.7 Å². The summed E-state index contributed by atoms with van der Waals surface area (Å²) in [6.07, 6.45) is 4.26. The Bertz CT molecular complexity index is 1120. The van der Waals surface area contributed by atoms with Crippen molar-refractivity contribution in [2.45, 2.75) is 18.9 Å². The van der Waals surface area contributed by atoms with E-state index in [1.165, 1.54) is 18.5 Å². The Hall–Kier alpha value is -3.44. The van der Waals surface area contributed by atoms with Crippen molar-refractivity contribution >= 4 is 29.1 Å². The third-order valence-electron chi connectivity index (χ3n) is 6.69. The zero-order valence-corrected chi connectivity index (χ0v) is 19.2. The maximum Gasteiger partial charge on any atom is 0.248 e. The van der Waals surface area contributed by atoms with Crippen molar-refractivity contribution in [1.29, 1.82) is 0 Å². The first-order valence-corrected chi connectivity index (χ1v) is 12.0. The van der Waals surface area contributed by atoms with E-state index in [4.69, 9.17) is 10.5 Å². The summed E-state index contributed by atoms with van der Waals surface area (Å²) in [5, 5.41) is 7.78. The van der Waals surface area contributed by atoms with Gasteiger partial charge >= 0.3 is 0 Å². The SMILES string of the molecule is Nc1nc(Nc2ccc(N3CCOCC3)cc2)nn1-c1cc(N2CCN(C3CC3)CC2)ncn1. The van der Waals surface area contributed by atoms with Crippen molar-refractivity contribution in [2.24, 2.45) is 0 Å². The van der Waals surface area contributed by atoms with Gasteiger partial charge in [-0.25, -0.2) is 9.97 Å². The number of hydrogen-bond donors (Lipinski definition) is 2. The van der Waals surface area contributed by atoms with E-state index in [0.717, 1.165) is 70.0 Å². The lowest BCUT2D eigenvalue weighted by molar-refractivity contribution is 0.122. The number of ether oxygens (including phenoxy) is 1. The fraction of sp³-hybridized carbons (Fsp3) is 0.478. The van der Waals surface area contributed by atoms with Gasteiger partial charge in [0.15, 0.2) is 5.82 Å². The zero-order chi connectivity index (χ0) is 22.9. The highest BCUT2D eigenvalue weighted by Crippen LogP contribution is 2.28. The standard InChI is InChI=1S/C23H30N10O/c24-22-28-23(27-17-1-3-18(4-2-17)31-11-13-34-14-12-31)29-33(22)21-15-20(25-16-26-21)32-9-7-30(8-10-32)19-5-6-19/h1-4,15-16,19H,5-14H2,(H3,24,27,28,29). The van der Waals surface area contributed by atoms with E-state index in [2.05, 4.69) is 52.2 Å².